The second-order valence-electron chi connectivity index (χ2n) is 8.99. The summed E-state index contributed by atoms with van der Waals surface area (Å²) < 4.78 is 19.9. The van der Waals surface area contributed by atoms with Gasteiger partial charge in [-0.25, -0.2) is 9.40 Å². The summed E-state index contributed by atoms with van der Waals surface area (Å²) in [7, 11) is 0. The van der Waals surface area contributed by atoms with Gasteiger partial charge >= 0.3 is 0 Å². The summed E-state index contributed by atoms with van der Waals surface area (Å²) >= 11 is 1.55. The molecule has 1 aliphatic carbocycles. The fourth-order valence-corrected chi connectivity index (χ4v) is 5.29. The van der Waals surface area contributed by atoms with Gasteiger partial charge in [0.05, 0.1) is 25.0 Å². The summed E-state index contributed by atoms with van der Waals surface area (Å²) in [5, 5.41) is 8.01. The summed E-state index contributed by atoms with van der Waals surface area (Å²) in [5.74, 6) is -0.509. The van der Waals surface area contributed by atoms with Crippen molar-refractivity contribution in [3.05, 3.63) is 58.0 Å². The van der Waals surface area contributed by atoms with E-state index in [0.717, 1.165) is 30.8 Å². The third kappa shape index (κ3) is 5.21. The highest BCUT2D eigenvalue weighted by Gasteiger charge is 2.38. The van der Waals surface area contributed by atoms with E-state index in [1.165, 1.54) is 11.1 Å². The molecule has 2 fully saturated rings. The average Bonchev–Trinajstić information content (AvgIpc) is 3.38. The van der Waals surface area contributed by atoms with Crippen LogP contribution in [0.15, 0.2) is 46.9 Å². The van der Waals surface area contributed by atoms with Gasteiger partial charge in [-0.3, -0.25) is 14.5 Å². The molecule has 9 heteroatoms. The number of hydrogen-bond donors (Lipinski definition) is 0. The van der Waals surface area contributed by atoms with Gasteiger partial charge in [-0.15, -0.1) is 11.3 Å². The van der Waals surface area contributed by atoms with E-state index in [4.69, 9.17) is 4.74 Å². The Hall–Kier alpha value is -2.62. The van der Waals surface area contributed by atoms with Crippen LogP contribution in [-0.2, 0) is 14.3 Å². The first-order valence-corrected chi connectivity index (χ1v) is 12.7. The molecule has 34 heavy (non-hydrogen) atoms. The van der Waals surface area contributed by atoms with Gasteiger partial charge in [-0.05, 0) is 30.4 Å². The monoisotopic (exact) mass is 484 g/mol. The number of ether oxygens (including phenoxy) is 1. The van der Waals surface area contributed by atoms with Crippen molar-refractivity contribution < 1.29 is 18.7 Å². The van der Waals surface area contributed by atoms with Crippen molar-refractivity contribution in [1.82, 2.24) is 14.8 Å². The zero-order chi connectivity index (χ0) is 23.5. The van der Waals surface area contributed by atoms with Crippen LogP contribution in [0.4, 0.5) is 4.39 Å². The fourth-order valence-electron chi connectivity index (χ4n) is 4.48. The van der Waals surface area contributed by atoms with Crippen molar-refractivity contribution in [2.24, 2.45) is 11.0 Å². The van der Waals surface area contributed by atoms with Gasteiger partial charge in [0.15, 0.2) is 0 Å². The number of benzene rings is 1. The number of hydrazone groups is 1. The Morgan fingerprint density at radius 2 is 1.94 bits per heavy atom. The number of carbonyl (C=O) groups is 2. The molecule has 1 saturated carbocycles. The number of hydrogen-bond acceptors (Lipinski definition) is 6. The van der Waals surface area contributed by atoms with Crippen molar-refractivity contribution in [3.8, 4) is 0 Å². The van der Waals surface area contributed by atoms with E-state index >= 15 is 0 Å². The van der Waals surface area contributed by atoms with Crippen molar-refractivity contribution in [2.75, 3.05) is 45.9 Å². The average molecular weight is 485 g/mol. The molecule has 0 N–H and O–H groups in total. The van der Waals surface area contributed by atoms with Gasteiger partial charge in [0, 0.05) is 49.0 Å². The summed E-state index contributed by atoms with van der Waals surface area (Å²) in [4.78, 5) is 31.5. The Morgan fingerprint density at radius 1 is 1.15 bits per heavy atom. The maximum Gasteiger partial charge on any atom is 0.262 e. The predicted octanol–water partition coefficient (Wildman–Crippen LogP) is 3.14. The smallest absolute Gasteiger partial charge is 0.262 e. The topological polar surface area (TPSA) is 65.5 Å². The number of halogens is 1. The maximum absolute atomic E-state index is 14.5. The minimum atomic E-state index is -0.350. The zero-order valence-corrected chi connectivity index (χ0v) is 19.9. The lowest BCUT2D eigenvalue weighted by Gasteiger charge is -2.31. The van der Waals surface area contributed by atoms with Gasteiger partial charge < -0.3 is 9.64 Å². The number of morpholine rings is 1. The second-order valence-corrected chi connectivity index (χ2v) is 9.97. The molecular formula is C25H29FN4O3S. The highest BCUT2D eigenvalue weighted by atomic mass is 32.1. The minimum absolute atomic E-state index is 0.0183. The summed E-state index contributed by atoms with van der Waals surface area (Å²) in [6.45, 7) is 4.26. The first-order valence-electron chi connectivity index (χ1n) is 11.9. The zero-order valence-electron chi connectivity index (χ0n) is 19.1. The first kappa shape index (κ1) is 23.1. The molecule has 2 amide bonds. The number of thiophene rings is 1. The molecule has 1 unspecified atom stereocenters. The quantitative estimate of drug-likeness (QED) is 0.578. The van der Waals surface area contributed by atoms with Crippen LogP contribution in [0.1, 0.15) is 35.7 Å². The Morgan fingerprint density at radius 3 is 2.65 bits per heavy atom. The van der Waals surface area contributed by atoms with E-state index in [0.29, 0.717) is 44.0 Å². The summed E-state index contributed by atoms with van der Waals surface area (Å²) in [6, 6.07) is 10.1. The normalized spacial score (nSPS) is 20.9. The Balaban J connectivity index is 1.34. The Labute approximate surface area is 202 Å². The van der Waals surface area contributed by atoms with E-state index in [-0.39, 0.29) is 36.1 Å². The minimum Gasteiger partial charge on any atom is -0.379 e. The van der Waals surface area contributed by atoms with Gasteiger partial charge in [-0.1, -0.05) is 24.3 Å². The largest absolute Gasteiger partial charge is 0.379 e. The van der Waals surface area contributed by atoms with E-state index < -0.39 is 0 Å². The predicted molar refractivity (Wildman–Crippen MR) is 128 cm³/mol. The molecule has 0 radical (unpaired) electrons. The maximum atomic E-state index is 14.5. The summed E-state index contributed by atoms with van der Waals surface area (Å²) in [5.41, 5.74) is 0.968. The van der Waals surface area contributed by atoms with Crippen molar-refractivity contribution in [1.29, 1.82) is 0 Å². The third-order valence-corrected chi connectivity index (χ3v) is 7.55. The summed E-state index contributed by atoms with van der Waals surface area (Å²) in [6.07, 6.45) is 2.22. The SMILES string of the molecule is O=C(C1CC1)N(CCN1CCOCC1)CC(=O)N1N=C(c2ccccc2F)CC1c1cccs1. The molecular weight excluding hydrogens is 455 g/mol. The van der Waals surface area contributed by atoms with Crippen molar-refractivity contribution in [3.63, 3.8) is 0 Å². The molecule has 180 valence electrons. The number of amides is 2. The molecule has 1 aromatic carbocycles. The van der Waals surface area contributed by atoms with Crippen LogP contribution in [0.3, 0.4) is 0 Å². The first-order chi connectivity index (χ1) is 16.6. The molecule has 5 rings (SSSR count). The molecule has 1 aromatic heterocycles. The molecule has 2 aliphatic heterocycles. The molecule has 3 heterocycles. The van der Waals surface area contributed by atoms with Gasteiger partial charge in [-0.2, -0.15) is 5.10 Å². The van der Waals surface area contributed by atoms with Gasteiger partial charge in [0.2, 0.25) is 5.91 Å². The number of rotatable bonds is 8. The number of carbonyl (C=O) groups excluding carboxylic acids is 2. The van der Waals surface area contributed by atoms with Gasteiger partial charge in [0.1, 0.15) is 12.4 Å². The van der Waals surface area contributed by atoms with E-state index in [1.54, 1.807) is 34.4 Å². The van der Waals surface area contributed by atoms with Crippen LogP contribution in [0.5, 0.6) is 0 Å². The Bertz CT molecular complexity index is 1050. The van der Waals surface area contributed by atoms with E-state index in [1.807, 2.05) is 17.5 Å². The molecule has 7 nitrogen and oxygen atoms in total. The standard InChI is InChI=1S/C25H29FN4O3S/c26-20-5-2-1-4-19(20)21-16-22(23-6-3-15-34-23)30(27-21)24(31)17-29(25(32)18-7-8-18)10-9-28-11-13-33-14-12-28/h1-6,15,18,22H,7-14,16-17H2. The van der Waals surface area contributed by atoms with E-state index in [2.05, 4.69) is 10.0 Å². The van der Waals surface area contributed by atoms with E-state index in [9.17, 15) is 14.0 Å². The Kier molecular flexibility index (Phi) is 7.03. The van der Waals surface area contributed by atoms with Crippen LogP contribution in [-0.4, -0.2) is 78.3 Å². The molecule has 0 spiro atoms. The van der Waals surface area contributed by atoms with Crippen LogP contribution >= 0.6 is 11.3 Å². The highest BCUT2D eigenvalue weighted by Crippen LogP contribution is 2.36. The van der Waals surface area contributed by atoms with Crippen LogP contribution in [0, 0.1) is 11.7 Å². The lowest BCUT2D eigenvalue weighted by atomic mass is 10.0. The molecule has 0 bridgehead atoms. The third-order valence-electron chi connectivity index (χ3n) is 6.58. The van der Waals surface area contributed by atoms with Crippen LogP contribution in [0.25, 0.3) is 0 Å². The van der Waals surface area contributed by atoms with Crippen molar-refractivity contribution >= 4 is 28.9 Å². The van der Waals surface area contributed by atoms with Crippen molar-refractivity contribution in [2.45, 2.75) is 25.3 Å². The molecule has 1 atom stereocenters. The second kappa shape index (κ2) is 10.3. The molecule has 3 aliphatic rings. The fraction of sp³-hybridized carbons (Fsp3) is 0.480. The lowest BCUT2D eigenvalue weighted by Crippen LogP contribution is -2.47. The number of nitrogens with zero attached hydrogens (tertiary/aromatic N) is 4. The van der Waals surface area contributed by atoms with Crippen LogP contribution < -0.4 is 0 Å². The lowest BCUT2D eigenvalue weighted by molar-refractivity contribution is -0.142. The molecule has 1 saturated heterocycles. The van der Waals surface area contributed by atoms with Crippen LogP contribution in [0.2, 0.25) is 0 Å². The molecule has 2 aromatic rings. The van der Waals surface area contributed by atoms with Gasteiger partial charge in [0.25, 0.3) is 5.91 Å². The highest BCUT2D eigenvalue weighted by molar-refractivity contribution is 7.10.